The van der Waals surface area contributed by atoms with Gasteiger partial charge in [-0.25, -0.2) is 4.98 Å². The molecule has 0 bridgehead atoms. The quantitative estimate of drug-likeness (QED) is 0.732. The Morgan fingerprint density at radius 2 is 2.42 bits per heavy atom. The second-order valence-corrected chi connectivity index (χ2v) is 2.77. The Balaban J connectivity index is 2.86. The normalized spacial score (nSPS) is 12.6. The van der Waals surface area contributed by atoms with Crippen molar-refractivity contribution in [3.63, 3.8) is 0 Å². The van der Waals surface area contributed by atoms with E-state index in [2.05, 4.69) is 11.9 Å². The molecule has 0 saturated heterocycles. The van der Waals surface area contributed by atoms with E-state index in [0.29, 0.717) is 18.3 Å². The third-order valence-corrected chi connectivity index (χ3v) is 1.89. The Morgan fingerprint density at radius 3 is 3.00 bits per heavy atom. The zero-order valence-corrected chi connectivity index (χ0v) is 7.45. The lowest BCUT2D eigenvalue weighted by Crippen LogP contribution is -2.08. The van der Waals surface area contributed by atoms with Crippen LogP contribution in [0.4, 0.5) is 0 Å². The smallest absolute Gasteiger partial charge is 0.213 e. The molecule has 1 aromatic heterocycles. The van der Waals surface area contributed by atoms with Crippen LogP contribution in [0, 0.1) is 0 Å². The van der Waals surface area contributed by atoms with Gasteiger partial charge in [0.05, 0.1) is 7.11 Å². The van der Waals surface area contributed by atoms with Crippen LogP contribution >= 0.6 is 0 Å². The largest absolute Gasteiger partial charge is 0.481 e. The highest BCUT2D eigenvalue weighted by Crippen LogP contribution is 2.16. The molecule has 0 amide bonds. The molecule has 0 saturated carbocycles. The molecule has 0 fully saturated rings. The number of pyridine rings is 1. The molecule has 1 aromatic rings. The molecule has 0 aliphatic heterocycles. The molecule has 0 spiro atoms. The number of rotatable bonds is 3. The third-order valence-electron chi connectivity index (χ3n) is 1.89. The SMILES string of the molecule is COc1cc(C(C)CN)ccn1. The van der Waals surface area contributed by atoms with E-state index in [0.717, 1.165) is 0 Å². The molecular formula is C9H14N2O. The van der Waals surface area contributed by atoms with Crippen LogP contribution in [0.3, 0.4) is 0 Å². The monoisotopic (exact) mass is 166 g/mol. The van der Waals surface area contributed by atoms with Crippen LogP contribution in [-0.4, -0.2) is 18.6 Å². The van der Waals surface area contributed by atoms with Crippen molar-refractivity contribution in [3.8, 4) is 5.88 Å². The van der Waals surface area contributed by atoms with E-state index in [9.17, 15) is 0 Å². The van der Waals surface area contributed by atoms with Gasteiger partial charge in [-0.2, -0.15) is 0 Å². The molecule has 0 aliphatic rings. The van der Waals surface area contributed by atoms with Crippen LogP contribution in [0.1, 0.15) is 18.4 Å². The molecule has 1 heterocycles. The van der Waals surface area contributed by atoms with E-state index in [4.69, 9.17) is 10.5 Å². The maximum absolute atomic E-state index is 5.53. The summed E-state index contributed by atoms with van der Waals surface area (Å²) in [6.45, 7) is 2.72. The first kappa shape index (κ1) is 9.00. The average molecular weight is 166 g/mol. The van der Waals surface area contributed by atoms with Crippen molar-refractivity contribution < 1.29 is 4.74 Å². The van der Waals surface area contributed by atoms with Crippen LogP contribution in [0.5, 0.6) is 5.88 Å². The van der Waals surface area contributed by atoms with Gasteiger partial charge in [0.25, 0.3) is 0 Å². The minimum Gasteiger partial charge on any atom is -0.481 e. The van der Waals surface area contributed by atoms with Gasteiger partial charge < -0.3 is 10.5 Å². The summed E-state index contributed by atoms with van der Waals surface area (Å²) in [5.41, 5.74) is 6.71. The highest BCUT2D eigenvalue weighted by Gasteiger charge is 2.03. The summed E-state index contributed by atoms with van der Waals surface area (Å²) < 4.78 is 5.00. The van der Waals surface area contributed by atoms with Crippen LogP contribution in [0.2, 0.25) is 0 Å². The molecule has 0 aliphatic carbocycles. The van der Waals surface area contributed by atoms with Crippen molar-refractivity contribution in [2.45, 2.75) is 12.8 Å². The molecular weight excluding hydrogens is 152 g/mol. The fraction of sp³-hybridized carbons (Fsp3) is 0.444. The standard InChI is InChI=1S/C9H14N2O/c1-7(6-10)8-3-4-11-9(5-8)12-2/h3-5,7H,6,10H2,1-2H3. The van der Waals surface area contributed by atoms with Crippen molar-refractivity contribution in [3.05, 3.63) is 23.9 Å². The number of hydrogen-bond acceptors (Lipinski definition) is 3. The molecule has 66 valence electrons. The van der Waals surface area contributed by atoms with Gasteiger partial charge in [-0.15, -0.1) is 0 Å². The molecule has 3 nitrogen and oxygen atoms in total. The molecule has 0 aromatic carbocycles. The minimum absolute atomic E-state index is 0.363. The molecule has 2 N–H and O–H groups in total. The Morgan fingerprint density at radius 1 is 1.67 bits per heavy atom. The summed E-state index contributed by atoms with van der Waals surface area (Å²) in [4.78, 5) is 4.01. The molecule has 1 rings (SSSR count). The summed E-state index contributed by atoms with van der Waals surface area (Å²) in [5.74, 6) is 1.01. The van der Waals surface area contributed by atoms with E-state index in [1.54, 1.807) is 13.3 Å². The zero-order chi connectivity index (χ0) is 8.97. The van der Waals surface area contributed by atoms with Crippen LogP contribution in [0.25, 0.3) is 0 Å². The van der Waals surface area contributed by atoms with Gasteiger partial charge in [-0.05, 0) is 24.1 Å². The number of hydrogen-bond donors (Lipinski definition) is 1. The lowest BCUT2D eigenvalue weighted by atomic mass is 10.0. The number of aromatic nitrogens is 1. The molecule has 3 heteroatoms. The summed E-state index contributed by atoms with van der Waals surface area (Å²) in [7, 11) is 1.61. The Hall–Kier alpha value is -1.09. The van der Waals surface area contributed by atoms with Gasteiger partial charge in [0, 0.05) is 12.3 Å². The summed E-state index contributed by atoms with van der Waals surface area (Å²) >= 11 is 0. The predicted octanol–water partition coefficient (Wildman–Crippen LogP) is 1.15. The van der Waals surface area contributed by atoms with Gasteiger partial charge in [-0.1, -0.05) is 6.92 Å². The second-order valence-electron chi connectivity index (χ2n) is 2.77. The lowest BCUT2D eigenvalue weighted by molar-refractivity contribution is 0.397. The maximum atomic E-state index is 5.53. The van der Waals surface area contributed by atoms with Gasteiger partial charge in [0.1, 0.15) is 0 Å². The van der Waals surface area contributed by atoms with Crippen molar-refractivity contribution in [2.75, 3.05) is 13.7 Å². The predicted molar refractivity (Wildman–Crippen MR) is 48.3 cm³/mol. The molecule has 12 heavy (non-hydrogen) atoms. The Labute approximate surface area is 72.6 Å². The van der Waals surface area contributed by atoms with Crippen molar-refractivity contribution in [1.82, 2.24) is 4.98 Å². The third kappa shape index (κ3) is 1.95. The lowest BCUT2D eigenvalue weighted by Gasteiger charge is -2.08. The Bertz CT molecular complexity index is 250. The van der Waals surface area contributed by atoms with Gasteiger partial charge in [-0.3, -0.25) is 0 Å². The van der Waals surface area contributed by atoms with Crippen LogP contribution < -0.4 is 10.5 Å². The fourth-order valence-corrected chi connectivity index (χ4v) is 0.979. The second kappa shape index (κ2) is 4.07. The van der Waals surface area contributed by atoms with Crippen molar-refractivity contribution in [1.29, 1.82) is 0 Å². The molecule has 1 unspecified atom stereocenters. The minimum atomic E-state index is 0.363. The van der Waals surface area contributed by atoms with E-state index in [1.165, 1.54) is 5.56 Å². The zero-order valence-electron chi connectivity index (χ0n) is 7.45. The highest BCUT2D eigenvalue weighted by molar-refractivity contribution is 5.23. The summed E-state index contributed by atoms with van der Waals surface area (Å²) in [6, 6.07) is 3.87. The van der Waals surface area contributed by atoms with Crippen LogP contribution in [-0.2, 0) is 0 Å². The van der Waals surface area contributed by atoms with E-state index >= 15 is 0 Å². The fourth-order valence-electron chi connectivity index (χ4n) is 0.979. The number of nitrogens with two attached hydrogens (primary N) is 1. The number of methoxy groups -OCH3 is 1. The average Bonchev–Trinajstić information content (AvgIpc) is 2.17. The first-order valence-corrected chi connectivity index (χ1v) is 3.98. The van der Waals surface area contributed by atoms with Gasteiger partial charge in [0.15, 0.2) is 0 Å². The van der Waals surface area contributed by atoms with E-state index in [1.807, 2.05) is 12.1 Å². The van der Waals surface area contributed by atoms with Gasteiger partial charge >= 0.3 is 0 Å². The van der Waals surface area contributed by atoms with Crippen molar-refractivity contribution >= 4 is 0 Å². The maximum Gasteiger partial charge on any atom is 0.213 e. The topological polar surface area (TPSA) is 48.1 Å². The first-order valence-electron chi connectivity index (χ1n) is 3.98. The first-order chi connectivity index (χ1) is 5.77. The summed E-state index contributed by atoms with van der Waals surface area (Å²) in [6.07, 6.45) is 1.74. The van der Waals surface area contributed by atoms with Crippen molar-refractivity contribution in [2.24, 2.45) is 5.73 Å². The Kier molecular flexibility index (Phi) is 3.05. The van der Waals surface area contributed by atoms with E-state index < -0.39 is 0 Å². The highest BCUT2D eigenvalue weighted by atomic mass is 16.5. The van der Waals surface area contributed by atoms with E-state index in [-0.39, 0.29) is 0 Å². The number of ether oxygens (including phenoxy) is 1. The van der Waals surface area contributed by atoms with Crippen LogP contribution in [0.15, 0.2) is 18.3 Å². The number of nitrogens with zero attached hydrogens (tertiary/aromatic N) is 1. The molecule has 0 radical (unpaired) electrons. The molecule has 1 atom stereocenters. The summed E-state index contributed by atoms with van der Waals surface area (Å²) in [5, 5.41) is 0. The van der Waals surface area contributed by atoms with Gasteiger partial charge in [0.2, 0.25) is 5.88 Å².